The summed E-state index contributed by atoms with van der Waals surface area (Å²) in [5.74, 6) is -1.86. The zero-order valence-electron chi connectivity index (χ0n) is 18.1. The van der Waals surface area contributed by atoms with Crippen molar-refractivity contribution >= 4 is 23.6 Å². The molecule has 2 N–H and O–H groups in total. The highest BCUT2D eigenvalue weighted by atomic mass is 16.2. The Labute approximate surface area is 187 Å². The Hall–Kier alpha value is -2.62. The molecule has 5 rings (SSSR count). The minimum Gasteiger partial charge on any atom is -0.313 e. The number of hydrogen-bond donors (Lipinski definition) is 2. The molecule has 3 fully saturated rings. The number of hydrogen-bond acceptors (Lipinski definition) is 7. The highest BCUT2D eigenvalue weighted by Crippen LogP contribution is 2.28. The van der Waals surface area contributed by atoms with Gasteiger partial charge < -0.3 is 5.32 Å². The summed E-state index contributed by atoms with van der Waals surface area (Å²) in [6.07, 6.45) is 2.82. The van der Waals surface area contributed by atoms with Crippen LogP contribution in [0.2, 0.25) is 0 Å². The summed E-state index contributed by atoms with van der Waals surface area (Å²) in [4.78, 5) is 55.4. The van der Waals surface area contributed by atoms with Gasteiger partial charge in [0.15, 0.2) is 0 Å². The molecular weight excluding hydrogens is 410 g/mol. The number of piperidine rings is 1. The van der Waals surface area contributed by atoms with E-state index < -0.39 is 23.8 Å². The highest BCUT2D eigenvalue weighted by molar-refractivity contribution is 6.23. The smallest absolute Gasteiger partial charge is 0.262 e. The van der Waals surface area contributed by atoms with Crippen LogP contribution in [0.1, 0.15) is 52.0 Å². The minimum absolute atomic E-state index is 0.123. The summed E-state index contributed by atoms with van der Waals surface area (Å²) in [6.45, 7) is 6.97. The van der Waals surface area contributed by atoms with Crippen molar-refractivity contribution < 1.29 is 19.2 Å². The lowest BCUT2D eigenvalue weighted by molar-refractivity contribution is -0.136. The van der Waals surface area contributed by atoms with Gasteiger partial charge in [0.05, 0.1) is 11.1 Å². The third kappa shape index (κ3) is 4.07. The van der Waals surface area contributed by atoms with Crippen LogP contribution in [0.5, 0.6) is 0 Å². The highest BCUT2D eigenvalue weighted by Gasteiger charge is 2.44. The van der Waals surface area contributed by atoms with E-state index in [0.717, 1.165) is 56.3 Å². The molecule has 4 amide bonds. The number of carbonyl (C=O) groups is 4. The fourth-order valence-electron chi connectivity index (χ4n) is 5.23. The maximum absolute atomic E-state index is 13.0. The van der Waals surface area contributed by atoms with Crippen molar-refractivity contribution in [1.29, 1.82) is 0 Å². The fourth-order valence-corrected chi connectivity index (χ4v) is 5.23. The molecule has 1 aromatic carbocycles. The quantitative estimate of drug-likeness (QED) is 0.621. The molecule has 32 heavy (non-hydrogen) atoms. The normalized spacial score (nSPS) is 27.2. The molecule has 4 aliphatic heterocycles. The van der Waals surface area contributed by atoms with Gasteiger partial charge in [-0.15, -0.1) is 0 Å². The minimum atomic E-state index is -0.925. The molecule has 4 aliphatic rings. The van der Waals surface area contributed by atoms with E-state index in [9.17, 15) is 19.2 Å². The molecule has 4 heterocycles. The number of carbonyl (C=O) groups excluding carboxylic acids is 4. The van der Waals surface area contributed by atoms with Crippen LogP contribution in [-0.2, 0) is 16.1 Å². The number of nitrogens with one attached hydrogen (secondary N) is 2. The van der Waals surface area contributed by atoms with Gasteiger partial charge in [-0.3, -0.25) is 39.2 Å². The lowest BCUT2D eigenvalue weighted by Crippen LogP contribution is -2.54. The molecule has 0 aliphatic carbocycles. The van der Waals surface area contributed by atoms with E-state index in [2.05, 4.69) is 20.4 Å². The number of benzene rings is 1. The molecule has 0 saturated carbocycles. The second-order valence-electron chi connectivity index (χ2n) is 9.20. The number of imide groups is 2. The van der Waals surface area contributed by atoms with E-state index in [1.54, 1.807) is 12.1 Å². The van der Waals surface area contributed by atoms with Crippen molar-refractivity contribution in [3.8, 4) is 0 Å². The predicted molar refractivity (Wildman–Crippen MR) is 116 cm³/mol. The maximum atomic E-state index is 13.0. The number of rotatable bonds is 5. The molecule has 1 unspecified atom stereocenters. The van der Waals surface area contributed by atoms with Crippen LogP contribution < -0.4 is 10.6 Å². The van der Waals surface area contributed by atoms with Crippen LogP contribution in [0.15, 0.2) is 18.2 Å². The Bertz CT molecular complexity index is 950. The summed E-state index contributed by atoms with van der Waals surface area (Å²) < 4.78 is 0. The average molecular weight is 440 g/mol. The van der Waals surface area contributed by atoms with Crippen LogP contribution in [0.25, 0.3) is 0 Å². The van der Waals surface area contributed by atoms with Crippen molar-refractivity contribution in [2.45, 2.75) is 44.3 Å². The summed E-state index contributed by atoms with van der Waals surface area (Å²) in [6, 6.07) is 5.07. The molecule has 2 atom stereocenters. The Kier molecular flexibility index (Phi) is 5.79. The van der Waals surface area contributed by atoms with E-state index in [4.69, 9.17) is 0 Å². The molecule has 0 radical (unpaired) electrons. The SMILES string of the molecule is O=C1CCC(N2C(=O)c3ccc(CN4CCN(C[C@H]5CCCN5)CC4)cc3C2=O)C(=O)N1. The molecule has 0 spiro atoms. The standard InChI is InChI=1S/C23H29N5O4/c29-20-6-5-19(21(30)25-20)28-22(31)17-4-3-15(12-18(17)23(28)32)13-26-8-10-27(11-9-26)14-16-2-1-7-24-16/h3-4,12,16,19,24H,1-2,5-11,13-14H2,(H,25,29,30)/t16-,19?/m1/s1. The zero-order valence-corrected chi connectivity index (χ0v) is 18.1. The van der Waals surface area contributed by atoms with E-state index >= 15 is 0 Å². The first-order valence-electron chi connectivity index (χ1n) is 11.5. The lowest BCUT2D eigenvalue weighted by Gasteiger charge is -2.36. The fraction of sp³-hybridized carbons (Fsp3) is 0.565. The summed E-state index contributed by atoms with van der Waals surface area (Å²) in [5, 5.41) is 5.79. The molecule has 0 aromatic heterocycles. The van der Waals surface area contributed by atoms with Crippen molar-refractivity contribution in [1.82, 2.24) is 25.3 Å². The van der Waals surface area contributed by atoms with Gasteiger partial charge in [-0.25, -0.2) is 0 Å². The van der Waals surface area contributed by atoms with Crippen molar-refractivity contribution in [2.75, 3.05) is 39.3 Å². The van der Waals surface area contributed by atoms with Crippen LogP contribution in [0.4, 0.5) is 0 Å². The van der Waals surface area contributed by atoms with Gasteiger partial charge in [0.1, 0.15) is 6.04 Å². The van der Waals surface area contributed by atoms with Gasteiger partial charge in [-0.2, -0.15) is 0 Å². The molecule has 0 bridgehead atoms. The average Bonchev–Trinajstić information content (AvgIpc) is 3.37. The monoisotopic (exact) mass is 439 g/mol. The van der Waals surface area contributed by atoms with Crippen molar-refractivity contribution in [3.05, 3.63) is 34.9 Å². The van der Waals surface area contributed by atoms with E-state index in [-0.39, 0.29) is 18.7 Å². The van der Waals surface area contributed by atoms with Gasteiger partial charge in [0.2, 0.25) is 11.8 Å². The number of fused-ring (bicyclic) bond motifs is 1. The van der Waals surface area contributed by atoms with Crippen molar-refractivity contribution in [2.24, 2.45) is 0 Å². The summed E-state index contributed by atoms with van der Waals surface area (Å²) in [5.41, 5.74) is 1.67. The molecule has 3 saturated heterocycles. The third-order valence-electron chi connectivity index (χ3n) is 7.02. The Balaban J connectivity index is 1.21. The van der Waals surface area contributed by atoms with E-state index in [1.807, 2.05) is 6.07 Å². The van der Waals surface area contributed by atoms with Gasteiger partial charge in [0, 0.05) is 51.7 Å². The Morgan fingerprint density at radius 2 is 1.66 bits per heavy atom. The second kappa shape index (κ2) is 8.73. The van der Waals surface area contributed by atoms with Gasteiger partial charge in [-0.05, 0) is 43.5 Å². The van der Waals surface area contributed by atoms with Crippen molar-refractivity contribution in [3.63, 3.8) is 0 Å². The number of piperazine rings is 1. The predicted octanol–water partition coefficient (Wildman–Crippen LogP) is -0.0426. The third-order valence-corrected chi connectivity index (χ3v) is 7.02. The van der Waals surface area contributed by atoms with E-state index in [1.165, 1.54) is 12.8 Å². The van der Waals surface area contributed by atoms with Crippen LogP contribution in [0.3, 0.4) is 0 Å². The van der Waals surface area contributed by atoms with Crippen LogP contribution in [0, 0.1) is 0 Å². The van der Waals surface area contributed by atoms with Crippen LogP contribution >= 0.6 is 0 Å². The zero-order chi connectivity index (χ0) is 22.2. The van der Waals surface area contributed by atoms with Gasteiger partial charge in [-0.1, -0.05) is 6.07 Å². The second-order valence-corrected chi connectivity index (χ2v) is 9.20. The molecular formula is C23H29N5O4. The first-order chi connectivity index (χ1) is 15.5. The van der Waals surface area contributed by atoms with Crippen LogP contribution in [-0.4, -0.2) is 89.7 Å². The largest absolute Gasteiger partial charge is 0.313 e. The molecule has 1 aromatic rings. The molecule has 170 valence electrons. The first kappa shape index (κ1) is 21.2. The molecule has 9 nitrogen and oxygen atoms in total. The summed E-state index contributed by atoms with van der Waals surface area (Å²) in [7, 11) is 0. The maximum Gasteiger partial charge on any atom is 0.262 e. The van der Waals surface area contributed by atoms with Gasteiger partial charge >= 0.3 is 0 Å². The van der Waals surface area contributed by atoms with Gasteiger partial charge in [0.25, 0.3) is 11.8 Å². The topological polar surface area (TPSA) is 102 Å². The van der Waals surface area contributed by atoms with E-state index in [0.29, 0.717) is 17.2 Å². The first-order valence-corrected chi connectivity index (χ1v) is 11.5. The Morgan fingerprint density at radius 3 is 2.38 bits per heavy atom. The Morgan fingerprint density at radius 1 is 0.906 bits per heavy atom. The summed E-state index contributed by atoms with van der Waals surface area (Å²) >= 11 is 0. The lowest BCUT2D eigenvalue weighted by atomic mass is 10.0. The number of amides is 4. The number of nitrogens with zero attached hydrogens (tertiary/aromatic N) is 3. The molecule has 9 heteroatoms.